The molecule has 0 heterocycles. The van der Waals surface area contributed by atoms with Crippen molar-refractivity contribution < 1.29 is 14.3 Å². The predicted octanol–water partition coefficient (Wildman–Crippen LogP) is 2.39. The minimum absolute atomic E-state index is 0.243. The van der Waals surface area contributed by atoms with Crippen molar-refractivity contribution in [3.05, 3.63) is 30.3 Å². The van der Waals surface area contributed by atoms with Gasteiger partial charge in [-0.2, -0.15) is 0 Å². The minimum Gasteiger partial charge on any atom is -0.492 e. The Bertz CT molecular complexity index is 384. The summed E-state index contributed by atoms with van der Waals surface area (Å²) in [5, 5.41) is 3.08. The van der Waals surface area contributed by atoms with Crippen molar-refractivity contribution in [1.82, 2.24) is 5.32 Å². The number of ether oxygens (including phenoxy) is 2. The van der Waals surface area contributed by atoms with Crippen molar-refractivity contribution in [2.75, 3.05) is 13.2 Å². The average Bonchev–Trinajstić information content (AvgIpc) is 2.33. The van der Waals surface area contributed by atoms with Gasteiger partial charge in [0, 0.05) is 6.54 Å². The maximum Gasteiger partial charge on any atom is 0.323 e. The van der Waals surface area contributed by atoms with Crippen LogP contribution in [0.2, 0.25) is 0 Å². The molecule has 4 nitrogen and oxygen atoms in total. The number of esters is 1. The van der Waals surface area contributed by atoms with Crippen LogP contribution < -0.4 is 10.1 Å². The third kappa shape index (κ3) is 6.82. The first-order valence-corrected chi connectivity index (χ1v) is 6.52. The van der Waals surface area contributed by atoms with Crippen LogP contribution in [0.5, 0.6) is 5.75 Å². The topological polar surface area (TPSA) is 47.6 Å². The SMILES string of the molecule is CC(NCCOc1ccccc1)C(=O)OC(C)(C)C. The first-order valence-electron chi connectivity index (χ1n) is 6.52. The van der Waals surface area contributed by atoms with Gasteiger partial charge in [-0.15, -0.1) is 0 Å². The molecule has 0 radical (unpaired) electrons. The van der Waals surface area contributed by atoms with Crippen LogP contribution in [0.25, 0.3) is 0 Å². The second kappa shape index (κ2) is 7.14. The Balaban J connectivity index is 2.20. The van der Waals surface area contributed by atoms with Gasteiger partial charge in [0.25, 0.3) is 0 Å². The van der Waals surface area contributed by atoms with Gasteiger partial charge in [0.15, 0.2) is 0 Å². The highest BCUT2D eigenvalue weighted by Crippen LogP contribution is 2.09. The van der Waals surface area contributed by atoms with Gasteiger partial charge in [0.2, 0.25) is 0 Å². The zero-order valence-corrected chi connectivity index (χ0v) is 12.1. The Morgan fingerprint density at radius 2 is 1.89 bits per heavy atom. The lowest BCUT2D eigenvalue weighted by molar-refractivity contribution is -0.156. The number of rotatable bonds is 6. The standard InChI is InChI=1S/C15H23NO3/c1-12(14(17)19-15(2,3)4)16-10-11-18-13-8-6-5-7-9-13/h5-9,12,16H,10-11H2,1-4H3. The average molecular weight is 265 g/mol. The number of hydrogen-bond acceptors (Lipinski definition) is 4. The second-order valence-corrected chi connectivity index (χ2v) is 5.37. The van der Waals surface area contributed by atoms with Crippen molar-refractivity contribution in [2.45, 2.75) is 39.3 Å². The van der Waals surface area contributed by atoms with Crippen molar-refractivity contribution in [1.29, 1.82) is 0 Å². The fraction of sp³-hybridized carbons (Fsp3) is 0.533. The number of carbonyl (C=O) groups is 1. The third-order valence-corrected chi connectivity index (χ3v) is 2.32. The molecule has 0 aromatic heterocycles. The van der Waals surface area contributed by atoms with E-state index in [1.165, 1.54) is 0 Å². The fourth-order valence-corrected chi connectivity index (χ4v) is 1.43. The van der Waals surface area contributed by atoms with E-state index in [0.717, 1.165) is 5.75 Å². The van der Waals surface area contributed by atoms with E-state index in [-0.39, 0.29) is 12.0 Å². The van der Waals surface area contributed by atoms with Crippen LogP contribution in [-0.2, 0) is 9.53 Å². The van der Waals surface area contributed by atoms with Crippen LogP contribution in [-0.4, -0.2) is 30.8 Å². The summed E-state index contributed by atoms with van der Waals surface area (Å²) in [5.41, 5.74) is -0.451. The highest BCUT2D eigenvalue weighted by Gasteiger charge is 2.20. The molecule has 19 heavy (non-hydrogen) atoms. The molecular weight excluding hydrogens is 242 g/mol. The summed E-state index contributed by atoms with van der Waals surface area (Å²) in [4.78, 5) is 11.7. The molecule has 1 N–H and O–H groups in total. The van der Waals surface area contributed by atoms with Gasteiger partial charge in [-0.1, -0.05) is 18.2 Å². The van der Waals surface area contributed by atoms with Crippen molar-refractivity contribution in [3.8, 4) is 5.75 Å². The van der Waals surface area contributed by atoms with Gasteiger partial charge >= 0.3 is 5.97 Å². The molecule has 0 aliphatic rings. The van der Waals surface area contributed by atoms with Crippen LogP contribution in [0.3, 0.4) is 0 Å². The van der Waals surface area contributed by atoms with Gasteiger partial charge in [0.1, 0.15) is 24.0 Å². The van der Waals surface area contributed by atoms with E-state index in [4.69, 9.17) is 9.47 Å². The lowest BCUT2D eigenvalue weighted by atomic mass is 10.2. The van der Waals surface area contributed by atoms with E-state index in [1.807, 2.05) is 51.1 Å². The molecule has 106 valence electrons. The number of nitrogens with one attached hydrogen (secondary N) is 1. The first-order chi connectivity index (χ1) is 8.88. The Morgan fingerprint density at radius 1 is 1.26 bits per heavy atom. The predicted molar refractivity (Wildman–Crippen MR) is 75.2 cm³/mol. The summed E-state index contributed by atoms with van der Waals surface area (Å²) in [6, 6.07) is 9.25. The van der Waals surface area contributed by atoms with Crippen molar-refractivity contribution in [2.24, 2.45) is 0 Å². The largest absolute Gasteiger partial charge is 0.492 e. The van der Waals surface area contributed by atoms with E-state index in [9.17, 15) is 4.79 Å². The summed E-state index contributed by atoms with van der Waals surface area (Å²) in [6.45, 7) is 8.46. The van der Waals surface area contributed by atoms with Crippen LogP contribution in [0, 0.1) is 0 Å². The molecular formula is C15H23NO3. The quantitative estimate of drug-likeness (QED) is 0.634. The normalized spacial score (nSPS) is 12.8. The Hall–Kier alpha value is -1.55. The number of carbonyl (C=O) groups excluding carboxylic acids is 1. The van der Waals surface area contributed by atoms with E-state index in [0.29, 0.717) is 13.2 Å². The molecule has 1 aromatic rings. The number of para-hydroxylation sites is 1. The molecule has 1 aromatic carbocycles. The molecule has 1 atom stereocenters. The van der Waals surface area contributed by atoms with Gasteiger partial charge in [-0.3, -0.25) is 4.79 Å². The van der Waals surface area contributed by atoms with Gasteiger partial charge in [0.05, 0.1) is 0 Å². The minimum atomic E-state index is -0.451. The number of hydrogen-bond donors (Lipinski definition) is 1. The highest BCUT2D eigenvalue weighted by molar-refractivity contribution is 5.75. The summed E-state index contributed by atoms with van der Waals surface area (Å²) in [5.74, 6) is 0.585. The van der Waals surface area contributed by atoms with E-state index in [1.54, 1.807) is 6.92 Å². The van der Waals surface area contributed by atoms with Crippen LogP contribution in [0.1, 0.15) is 27.7 Å². The highest BCUT2D eigenvalue weighted by atomic mass is 16.6. The molecule has 4 heteroatoms. The number of benzene rings is 1. The molecule has 0 saturated carbocycles. The zero-order chi connectivity index (χ0) is 14.3. The molecule has 0 aliphatic carbocycles. The molecule has 0 saturated heterocycles. The summed E-state index contributed by atoms with van der Waals surface area (Å²) < 4.78 is 10.8. The molecule has 1 unspecified atom stereocenters. The summed E-state index contributed by atoms with van der Waals surface area (Å²) in [6.07, 6.45) is 0. The van der Waals surface area contributed by atoms with Crippen LogP contribution in [0.15, 0.2) is 30.3 Å². The zero-order valence-electron chi connectivity index (χ0n) is 12.1. The summed E-state index contributed by atoms with van der Waals surface area (Å²) >= 11 is 0. The smallest absolute Gasteiger partial charge is 0.323 e. The molecule has 0 fully saturated rings. The Labute approximate surface area is 115 Å². The molecule has 0 aliphatic heterocycles. The maximum atomic E-state index is 11.7. The third-order valence-electron chi connectivity index (χ3n) is 2.32. The fourth-order valence-electron chi connectivity index (χ4n) is 1.43. The molecule has 0 amide bonds. The van der Waals surface area contributed by atoms with E-state index in [2.05, 4.69) is 5.32 Å². The van der Waals surface area contributed by atoms with Crippen molar-refractivity contribution in [3.63, 3.8) is 0 Å². The first kappa shape index (κ1) is 15.5. The Morgan fingerprint density at radius 3 is 2.47 bits per heavy atom. The van der Waals surface area contributed by atoms with Gasteiger partial charge < -0.3 is 14.8 Å². The molecule has 1 rings (SSSR count). The van der Waals surface area contributed by atoms with Crippen LogP contribution in [0.4, 0.5) is 0 Å². The summed E-state index contributed by atoms with van der Waals surface area (Å²) in [7, 11) is 0. The van der Waals surface area contributed by atoms with E-state index >= 15 is 0 Å². The molecule has 0 bridgehead atoms. The monoisotopic (exact) mass is 265 g/mol. The lowest BCUT2D eigenvalue weighted by Crippen LogP contribution is -2.40. The maximum absolute atomic E-state index is 11.7. The second-order valence-electron chi connectivity index (χ2n) is 5.37. The van der Waals surface area contributed by atoms with Gasteiger partial charge in [-0.25, -0.2) is 0 Å². The molecule has 0 spiro atoms. The van der Waals surface area contributed by atoms with Crippen molar-refractivity contribution >= 4 is 5.97 Å². The lowest BCUT2D eigenvalue weighted by Gasteiger charge is -2.22. The van der Waals surface area contributed by atoms with Gasteiger partial charge in [-0.05, 0) is 39.8 Å². The Kier molecular flexibility index (Phi) is 5.83. The van der Waals surface area contributed by atoms with Crippen LogP contribution >= 0.6 is 0 Å². The van der Waals surface area contributed by atoms with E-state index < -0.39 is 5.60 Å².